The van der Waals surface area contributed by atoms with Gasteiger partial charge in [0.1, 0.15) is 17.1 Å². The van der Waals surface area contributed by atoms with Crippen molar-refractivity contribution >= 4 is 50.5 Å². The summed E-state index contributed by atoms with van der Waals surface area (Å²) < 4.78 is 4.99. The summed E-state index contributed by atoms with van der Waals surface area (Å²) >= 11 is 0. The van der Waals surface area contributed by atoms with E-state index in [0.29, 0.717) is 22.1 Å². The number of phenols is 1. The molecular formula is C45H57N9O11. The summed E-state index contributed by atoms with van der Waals surface area (Å²) in [6.07, 6.45) is 0.835. The van der Waals surface area contributed by atoms with Crippen molar-refractivity contribution in [3.05, 3.63) is 125 Å². The lowest BCUT2D eigenvalue weighted by molar-refractivity contribution is -0.384. The van der Waals surface area contributed by atoms with Crippen molar-refractivity contribution in [1.29, 1.82) is 0 Å². The number of aliphatic hydroxyl groups is 4. The van der Waals surface area contributed by atoms with Crippen molar-refractivity contribution in [3.63, 3.8) is 0 Å². The maximum atomic E-state index is 13.0. The van der Waals surface area contributed by atoms with Gasteiger partial charge in [-0.25, -0.2) is 9.59 Å². The molecule has 0 saturated heterocycles. The van der Waals surface area contributed by atoms with Gasteiger partial charge in [0.25, 0.3) is 11.4 Å². The van der Waals surface area contributed by atoms with Gasteiger partial charge in [-0.1, -0.05) is 84.9 Å². The largest absolute Gasteiger partial charge is 0.505 e. The number of nitro benzene ring substituents is 2. The number of aromatic hydroxyl groups is 1. The van der Waals surface area contributed by atoms with Crippen LogP contribution in [-0.4, -0.2) is 80.1 Å². The van der Waals surface area contributed by atoms with Gasteiger partial charge >= 0.3 is 11.4 Å². The molecule has 65 heavy (non-hydrogen) atoms. The Bertz CT molecular complexity index is 2870. The lowest BCUT2D eigenvalue weighted by Crippen LogP contribution is -2.26. The molecule has 0 fully saturated rings. The zero-order chi connectivity index (χ0) is 48.2. The van der Waals surface area contributed by atoms with Gasteiger partial charge in [-0.15, -0.1) is 10.2 Å². The number of rotatable bonds is 16. The van der Waals surface area contributed by atoms with Crippen LogP contribution in [0.3, 0.4) is 0 Å². The lowest BCUT2D eigenvalue weighted by Gasteiger charge is -2.35. The van der Waals surface area contributed by atoms with E-state index in [1.54, 1.807) is 6.07 Å². The number of nitrogen functional groups attached to an aromatic ring is 1. The van der Waals surface area contributed by atoms with Crippen molar-refractivity contribution in [3.8, 4) is 5.75 Å². The highest BCUT2D eigenvalue weighted by Crippen LogP contribution is 2.47. The maximum absolute atomic E-state index is 13.0. The van der Waals surface area contributed by atoms with Crippen molar-refractivity contribution in [1.82, 2.24) is 18.3 Å². The third-order valence-electron chi connectivity index (χ3n) is 11.2. The number of benzene rings is 4. The van der Waals surface area contributed by atoms with Gasteiger partial charge in [0, 0.05) is 23.1 Å². The van der Waals surface area contributed by atoms with Crippen LogP contribution in [0.4, 0.5) is 28.4 Å². The Morgan fingerprint density at radius 1 is 0.600 bits per heavy atom. The summed E-state index contributed by atoms with van der Waals surface area (Å²) in [5.41, 5.74) is 6.78. The van der Waals surface area contributed by atoms with E-state index in [4.69, 9.17) is 15.9 Å². The minimum atomic E-state index is -0.633. The molecule has 20 heteroatoms. The van der Waals surface area contributed by atoms with E-state index in [9.17, 15) is 45.1 Å². The Labute approximate surface area is 373 Å². The summed E-state index contributed by atoms with van der Waals surface area (Å²) in [7, 11) is 0. The molecule has 2 heterocycles. The first-order chi connectivity index (χ1) is 30.5. The van der Waals surface area contributed by atoms with Crippen LogP contribution in [0.1, 0.15) is 71.6 Å². The zero-order valence-electron chi connectivity index (χ0n) is 37.6. The van der Waals surface area contributed by atoms with Gasteiger partial charge < -0.3 is 31.3 Å². The van der Waals surface area contributed by atoms with E-state index < -0.39 is 32.3 Å². The second-order valence-corrected chi connectivity index (χ2v) is 18.0. The van der Waals surface area contributed by atoms with Gasteiger partial charge in [-0.05, 0) is 46.6 Å². The molecule has 0 bridgehead atoms. The van der Waals surface area contributed by atoms with Gasteiger partial charge in [0.15, 0.2) is 5.69 Å². The number of fused-ring (bicyclic) bond motifs is 2. The van der Waals surface area contributed by atoms with E-state index in [1.165, 1.54) is 42.5 Å². The minimum Gasteiger partial charge on any atom is -0.505 e. The Kier molecular flexibility index (Phi) is 14.8. The summed E-state index contributed by atoms with van der Waals surface area (Å²) in [4.78, 5) is 47.0. The number of anilines is 1. The Morgan fingerprint density at radius 2 is 1.03 bits per heavy atom. The molecular weight excluding hydrogens is 843 g/mol. The third kappa shape index (κ3) is 10.3. The first-order valence-corrected chi connectivity index (χ1v) is 20.9. The Balaban J connectivity index is 0.000000330. The number of aliphatic hydroxyl groups excluding tert-OH is 4. The number of azo groups is 1. The van der Waals surface area contributed by atoms with E-state index in [-0.39, 0.29) is 97.5 Å². The van der Waals surface area contributed by atoms with Crippen LogP contribution in [0.25, 0.3) is 22.1 Å². The van der Waals surface area contributed by atoms with Gasteiger partial charge in [0.2, 0.25) is 0 Å². The van der Waals surface area contributed by atoms with Gasteiger partial charge in [-0.3, -0.25) is 38.5 Å². The van der Waals surface area contributed by atoms with E-state index >= 15 is 0 Å². The van der Waals surface area contributed by atoms with Crippen molar-refractivity contribution < 1.29 is 35.4 Å². The molecule has 0 amide bonds. The van der Waals surface area contributed by atoms with E-state index in [2.05, 4.69) is 44.8 Å². The molecule has 348 valence electrons. The summed E-state index contributed by atoms with van der Waals surface area (Å²) in [6, 6.07) is 18.8. The number of nitrogens with two attached hydrogens (primary N) is 1. The number of phenolic OH excluding ortho intramolecular Hbond substituents is 1. The number of hydrogen-bond donors (Lipinski definition) is 6. The molecule has 4 aromatic carbocycles. The number of aromatic nitrogens is 4. The summed E-state index contributed by atoms with van der Waals surface area (Å²) in [5, 5.41) is 80.5. The fourth-order valence-electron chi connectivity index (χ4n) is 8.46. The smallest absolute Gasteiger partial charge is 0.329 e. The number of imidazole rings is 2. The fraction of sp³-hybridized carbons (Fsp3) is 0.422. The highest BCUT2D eigenvalue weighted by molar-refractivity contribution is 5.86. The molecule has 0 aliphatic heterocycles. The molecule has 6 aromatic rings. The predicted octanol–water partition coefficient (Wildman–Crippen LogP) is 6.13. The molecule has 0 radical (unpaired) electrons. The first kappa shape index (κ1) is 49.3. The molecule has 0 atom stereocenters. The quantitative estimate of drug-likeness (QED) is 0.0277. The van der Waals surface area contributed by atoms with Crippen LogP contribution < -0.4 is 17.1 Å². The predicted molar refractivity (Wildman–Crippen MR) is 246 cm³/mol. The molecule has 7 N–H and O–H groups in total. The molecule has 20 nitrogen and oxygen atoms in total. The molecule has 2 aromatic heterocycles. The fourth-order valence-corrected chi connectivity index (χ4v) is 8.46. The standard InChI is InChI=1S/C34H43N5O6.C11H14N4O5/c1-32(2,3)21-33(4,5)23-17-24(34(6,7)22-11-9-8-10-12-22)30(42)26(18-23)36-35-25-19-28-29(20-27(25)39(44)45)38(14-16-41)31(43)37(28)13-15-40;12-7-5-9-10(6-8(7)15(19)20)14(2-4-17)11(18)13(9)1-3-16/h8-12,17-20,40-42H,13-16,21H2,1-7H3;5-6,16-17H,1-4,12H2. The average molecular weight is 900 g/mol. The SMILES string of the molecule is CC(C)(C)CC(C)(C)c1cc(N=Nc2cc3c(cc2[N+](=O)[O-])n(CCO)c(=O)n3CCO)c(O)c(C(C)(C)c2ccccc2)c1.Nc1cc2c(cc1[N+](=O)[O-])n(CCO)c(=O)n2CCO. The average Bonchev–Trinajstić information content (AvgIpc) is 3.63. The topological polar surface area (TPSA) is 292 Å². The molecule has 0 aliphatic carbocycles. The second-order valence-electron chi connectivity index (χ2n) is 18.0. The minimum absolute atomic E-state index is 0.00495. The monoisotopic (exact) mass is 899 g/mol. The molecule has 0 spiro atoms. The van der Waals surface area contributed by atoms with Crippen LogP contribution in [0, 0.1) is 25.6 Å². The maximum Gasteiger partial charge on any atom is 0.329 e. The van der Waals surface area contributed by atoms with Crippen molar-refractivity contribution in [2.45, 2.75) is 91.9 Å². The van der Waals surface area contributed by atoms with Crippen LogP contribution in [0.15, 0.2) is 86.5 Å². The lowest BCUT2D eigenvalue weighted by atomic mass is 9.70. The first-order valence-electron chi connectivity index (χ1n) is 20.9. The Hall–Kier alpha value is -6.74. The highest BCUT2D eigenvalue weighted by Gasteiger charge is 2.33. The number of nitro groups is 2. The van der Waals surface area contributed by atoms with E-state index in [1.807, 2.05) is 50.2 Å². The highest BCUT2D eigenvalue weighted by atomic mass is 16.6. The normalized spacial score (nSPS) is 12.3. The van der Waals surface area contributed by atoms with Crippen molar-refractivity contribution in [2.75, 3.05) is 32.2 Å². The number of nitrogens with zero attached hydrogens (tertiary/aromatic N) is 8. The van der Waals surface area contributed by atoms with Crippen LogP contribution in [-0.2, 0) is 37.0 Å². The van der Waals surface area contributed by atoms with Crippen LogP contribution in [0.2, 0.25) is 0 Å². The van der Waals surface area contributed by atoms with Crippen molar-refractivity contribution in [2.24, 2.45) is 15.6 Å². The molecule has 0 unspecified atom stereocenters. The Morgan fingerprint density at radius 3 is 1.48 bits per heavy atom. The summed E-state index contributed by atoms with van der Waals surface area (Å²) in [6.45, 7) is 13.5. The summed E-state index contributed by atoms with van der Waals surface area (Å²) in [5.74, 6) is -0.0852. The van der Waals surface area contributed by atoms with E-state index in [0.717, 1.165) is 17.5 Å². The second kappa shape index (κ2) is 19.6. The molecule has 0 aliphatic rings. The third-order valence-corrected chi connectivity index (χ3v) is 11.2. The van der Waals surface area contributed by atoms with Crippen LogP contribution >= 0.6 is 0 Å². The molecule has 0 saturated carbocycles. The zero-order valence-corrected chi connectivity index (χ0v) is 37.6. The molecule has 6 rings (SSSR count). The number of hydrogen-bond acceptors (Lipinski definition) is 14. The van der Waals surface area contributed by atoms with Gasteiger partial charge in [0.05, 0.1) is 84.5 Å². The van der Waals surface area contributed by atoms with Gasteiger partial charge in [-0.2, -0.15) is 0 Å². The van der Waals surface area contributed by atoms with Crippen LogP contribution in [0.5, 0.6) is 5.75 Å².